The summed E-state index contributed by atoms with van der Waals surface area (Å²) in [5.74, 6) is 0. The molecule has 0 bridgehead atoms. The molecule has 1 aromatic carbocycles. The molecule has 3 rings (SSSR count). The average Bonchev–Trinajstić information content (AvgIpc) is 3.22. The number of aliphatic hydroxyl groups excluding tert-OH is 1. The number of aliphatic hydroxyl groups is 1. The Bertz CT molecular complexity index is 848. The van der Waals surface area contributed by atoms with E-state index in [0.29, 0.717) is 24.5 Å². The topological polar surface area (TPSA) is 130 Å². The van der Waals surface area contributed by atoms with Gasteiger partial charge in [0, 0.05) is 4.91 Å². The Labute approximate surface area is 137 Å². The van der Waals surface area contributed by atoms with Crippen LogP contribution in [0.1, 0.15) is 22.6 Å². The first kappa shape index (κ1) is 15.7. The smallest absolute Gasteiger partial charge is 0.108 e. The Morgan fingerprint density at radius 1 is 1.12 bits per heavy atom. The average molecular weight is 325 g/mol. The molecule has 0 spiro atoms. The van der Waals surface area contributed by atoms with Gasteiger partial charge in [-0.2, -0.15) is 0 Å². The molecular formula is C14H15N9O. The highest BCUT2D eigenvalue weighted by Crippen LogP contribution is 2.12. The van der Waals surface area contributed by atoms with Gasteiger partial charge in [-0.05, 0) is 11.1 Å². The second kappa shape index (κ2) is 7.36. The van der Waals surface area contributed by atoms with E-state index in [1.54, 1.807) is 15.6 Å². The van der Waals surface area contributed by atoms with Crippen molar-refractivity contribution in [2.45, 2.75) is 26.2 Å². The fraction of sp³-hybridized carbons (Fsp3) is 0.286. The number of rotatable bonds is 7. The van der Waals surface area contributed by atoms with Gasteiger partial charge in [-0.25, -0.2) is 9.36 Å². The van der Waals surface area contributed by atoms with Crippen molar-refractivity contribution in [3.8, 4) is 0 Å². The van der Waals surface area contributed by atoms with Crippen molar-refractivity contribution in [3.63, 3.8) is 0 Å². The molecule has 0 amide bonds. The normalized spacial score (nSPS) is 10.5. The molecule has 0 radical (unpaired) electrons. The van der Waals surface area contributed by atoms with E-state index in [4.69, 9.17) is 10.6 Å². The third kappa shape index (κ3) is 3.57. The third-order valence-electron chi connectivity index (χ3n) is 3.44. The molecule has 3 aromatic rings. The van der Waals surface area contributed by atoms with Gasteiger partial charge >= 0.3 is 0 Å². The van der Waals surface area contributed by atoms with E-state index in [1.165, 1.54) is 0 Å². The SMILES string of the molecule is [N-]=[N+]=NCc1c(Cn2cc(CO)nn2)nnn1Cc1ccccc1. The maximum atomic E-state index is 9.05. The Morgan fingerprint density at radius 3 is 2.67 bits per heavy atom. The minimum Gasteiger partial charge on any atom is -0.390 e. The molecule has 0 aliphatic heterocycles. The predicted molar refractivity (Wildman–Crippen MR) is 83.5 cm³/mol. The predicted octanol–water partition coefficient (Wildman–Crippen LogP) is 1.27. The van der Waals surface area contributed by atoms with E-state index in [2.05, 4.69) is 30.7 Å². The quantitative estimate of drug-likeness (QED) is 0.397. The van der Waals surface area contributed by atoms with Crippen LogP contribution < -0.4 is 0 Å². The maximum absolute atomic E-state index is 9.05. The zero-order valence-corrected chi connectivity index (χ0v) is 12.8. The number of benzene rings is 1. The highest BCUT2D eigenvalue weighted by Gasteiger charge is 2.14. The van der Waals surface area contributed by atoms with Gasteiger partial charge in [-0.1, -0.05) is 45.9 Å². The summed E-state index contributed by atoms with van der Waals surface area (Å²) in [7, 11) is 0. The Balaban J connectivity index is 1.86. The maximum Gasteiger partial charge on any atom is 0.108 e. The molecule has 10 heteroatoms. The van der Waals surface area contributed by atoms with Crippen LogP contribution in [0.3, 0.4) is 0 Å². The van der Waals surface area contributed by atoms with Crippen molar-refractivity contribution in [1.29, 1.82) is 0 Å². The number of hydrogen-bond donors (Lipinski definition) is 1. The summed E-state index contributed by atoms with van der Waals surface area (Å²) in [5, 5.41) is 28.8. The van der Waals surface area contributed by atoms with Gasteiger partial charge in [0.15, 0.2) is 0 Å². The van der Waals surface area contributed by atoms with Crippen LogP contribution in [0.5, 0.6) is 0 Å². The Kier molecular flexibility index (Phi) is 4.80. The van der Waals surface area contributed by atoms with Gasteiger partial charge in [0.05, 0.1) is 38.1 Å². The molecule has 2 heterocycles. The summed E-state index contributed by atoms with van der Waals surface area (Å²) in [5.41, 5.74) is 11.5. The Hall–Kier alpha value is -3.23. The third-order valence-corrected chi connectivity index (χ3v) is 3.44. The highest BCUT2D eigenvalue weighted by molar-refractivity contribution is 5.17. The molecule has 0 saturated carbocycles. The largest absolute Gasteiger partial charge is 0.390 e. The lowest BCUT2D eigenvalue weighted by Crippen LogP contribution is -2.08. The molecule has 24 heavy (non-hydrogen) atoms. The van der Waals surface area contributed by atoms with Gasteiger partial charge < -0.3 is 5.11 Å². The van der Waals surface area contributed by atoms with Crippen LogP contribution in [-0.4, -0.2) is 35.1 Å². The zero-order valence-electron chi connectivity index (χ0n) is 12.8. The molecule has 10 nitrogen and oxygen atoms in total. The lowest BCUT2D eigenvalue weighted by molar-refractivity contribution is 0.276. The minimum atomic E-state index is -0.174. The van der Waals surface area contributed by atoms with Crippen molar-refractivity contribution in [2.24, 2.45) is 5.11 Å². The lowest BCUT2D eigenvalue weighted by atomic mass is 10.2. The Morgan fingerprint density at radius 2 is 1.96 bits per heavy atom. The number of hydrogen-bond acceptors (Lipinski definition) is 6. The standard InChI is InChI=1S/C14H15N9O/c15-19-16-6-14-13(9-22-8-12(10-24)17-20-22)18-21-23(14)7-11-4-2-1-3-5-11/h1-5,8,24H,6-7,9-10H2. The van der Waals surface area contributed by atoms with Crippen molar-refractivity contribution in [1.82, 2.24) is 30.0 Å². The molecule has 0 atom stereocenters. The van der Waals surface area contributed by atoms with Gasteiger partial charge in [-0.15, -0.1) is 10.2 Å². The molecule has 0 aliphatic rings. The van der Waals surface area contributed by atoms with E-state index in [0.717, 1.165) is 11.3 Å². The van der Waals surface area contributed by atoms with E-state index in [-0.39, 0.29) is 13.2 Å². The van der Waals surface area contributed by atoms with Crippen LogP contribution >= 0.6 is 0 Å². The number of nitrogens with zero attached hydrogens (tertiary/aromatic N) is 9. The second-order valence-electron chi connectivity index (χ2n) is 5.08. The zero-order chi connectivity index (χ0) is 16.8. The van der Waals surface area contributed by atoms with E-state index in [1.807, 2.05) is 30.3 Å². The fourth-order valence-electron chi connectivity index (χ4n) is 2.29. The van der Waals surface area contributed by atoms with Crippen LogP contribution in [-0.2, 0) is 26.2 Å². The van der Waals surface area contributed by atoms with Crippen LogP contribution in [0.2, 0.25) is 0 Å². The molecule has 0 aliphatic carbocycles. The van der Waals surface area contributed by atoms with Gasteiger partial charge in [0.1, 0.15) is 11.4 Å². The summed E-state index contributed by atoms with van der Waals surface area (Å²) in [6.45, 7) is 0.834. The second-order valence-corrected chi connectivity index (χ2v) is 5.08. The van der Waals surface area contributed by atoms with Crippen LogP contribution in [0, 0.1) is 0 Å². The number of azide groups is 1. The molecule has 1 N–H and O–H groups in total. The van der Waals surface area contributed by atoms with Crippen LogP contribution in [0.25, 0.3) is 10.4 Å². The van der Waals surface area contributed by atoms with E-state index >= 15 is 0 Å². The monoisotopic (exact) mass is 325 g/mol. The van der Waals surface area contributed by atoms with Crippen molar-refractivity contribution >= 4 is 0 Å². The van der Waals surface area contributed by atoms with Crippen LogP contribution in [0.4, 0.5) is 0 Å². The molecule has 0 saturated heterocycles. The summed E-state index contributed by atoms with van der Waals surface area (Å²) in [4.78, 5) is 2.81. The first-order valence-corrected chi connectivity index (χ1v) is 7.26. The fourth-order valence-corrected chi connectivity index (χ4v) is 2.29. The summed E-state index contributed by atoms with van der Waals surface area (Å²) in [6.07, 6.45) is 1.63. The van der Waals surface area contributed by atoms with Crippen LogP contribution in [0.15, 0.2) is 41.6 Å². The molecular weight excluding hydrogens is 310 g/mol. The van der Waals surface area contributed by atoms with Gasteiger partial charge in [0.2, 0.25) is 0 Å². The number of aromatic nitrogens is 6. The van der Waals surface area contributed by atoms with E-state index in [9.17, 15) is 0 Å². The highest BCUT2D eigenvalue weighted by atomic mass is 16.3. The molecule has 0 fully saturated rings. The molecule has 0 unspecified atom stereocenters. The molecule has 2 aromatic heterocycles. The molecule has 122 valence electrons. The van der Waals surface area contributed by atoms with Crippen molar-refractivity contribution in [3.05, 3.63) is 69.6 Å². The lowest BCUT2D eigenvalue weighted by Gasteiger charge is -2.06. The minimum absolute atomic E-state index is 0.146. The van der Waals surface area contributed by atoms with Crippen molar-refractivity contribution < 1.29 is 5.11 Å². The van der Waals surface area contributed by atoms with Crippen molar-refractivity contribution in [2.75, 3.05) is 0 Å². The van der Waals surface area contributed by atoms with E-state index < -0.39 is 0 Å². The summed E-state index contributed by atoms with van der Waals surface area (Å²) < 4.78 is 3.27. The summed E-state index contributed by atoms with van der Waals surface area (Å²) >= 11 is 0. The van der Waals surface area contributed by atoms with Gasteiger partial charge in [-0.3, -0.25) is 0 Å². The first-order chi connectivity index (χ1) is 11.8. The summed E-state index contributed by atoms with van der Waals surface area (Å²) in [6, 6.07) is 9.83. The van der Waals surface area contributed by atoms with Gasteiger partial charge in [0.25, 0.3) is 0 Å². The first-order valence-electron chi connectivity index (χ1n) is 7.26.